The fourth-order valence-corrected chi connectivity index (χ4v) is 3.42. The fourth-order valence-electron chi connectivity index (χ4n) is 3.42. The molecule has 3 atom stereocenters. The second-order valence-electron chi connectivity index (χ2n) is 5.95. The molecule has 3 N–H and O–H groups in total. The molecule has 0 spiro atoms. The standard InChI is InChI=1S/C15H21N3O3/c19-11-4-5-18(9-11)14-3-1-2-13(14)17-15(21)10-6-12(20)8-16-7-10/h6-8,11,13-14,19-20H,1-5,9H2,(H,17,21)/t11?,13-,14+/m1/s1. The SMILES string of the molecule is O=C(N[C@@H]1CCC[C@@H]1N1CCC(O)C1)c1cncc(O)c1. The molecule has 1 amide bonds. The molecule has 1 aromatic heterocycles. The van der Waals surface area contributed by atoms with Crippen LogP contribution in [0.4, 0.5) is 0 Å². The van der Waals surface area contributed by atoms with Crippen molar-refractivity contribution in [2.45, 2.75) is 43.9 Å². The van der Waals surface area contributed by atoms with Gasteiger partial charge < -0.3 is 15.5 Å². The van der Waals surface area contributed by atoms with Gasteiger partial charge >= 0.3 is 0 Å². The molecule has 21 heavy (non-hydrogen) atoms. The maximum atomic E-state index is 12.2. The summed E-state index contributed by atoms with van der Waals surface area (Å²) in [4.78, 5) is 18.4. The summed E-state index contributed by atoms with van der Waals surface area (Å²) in [5, 5.41) is 22.1. The Kier molecular flexibility index (Phi) is 4.07. The molecular formula is C15H21N3O3. The Bertz CT molecular complexity index is 523. The Morgan fingerprint density at radius 3 is 2.90 bits per heavy atom. The van der Waals surface area contributed by atoms with Crippen LogP contribution in [0.3, 0.4) is 0 Å². The maximum Gasteiger partial charge on any atom is 0.253 e. The van der Waals surface area contributed by atoms with Crippen molar-refractivity contribution >= 4 is 5.91 Å². The van der Waals surface area contributed by atoms with Crippen LogP contribution in [0, 0.1) is 0 Å². The van der Waals surface area contributed by atoms with Gasteiger partial charge in [-0.05, 0) is 31.7 Å². The van der Waals surface area contributed by atoms with Gasteiger partial charge in [0.2, 0.25) is 0 Å². The Hall–Kier alpha value is -1.66. The normalized spacial score (nSPS) is 29.7. The van der Waals surface area contributed by atoms with Crippen molar-refractivity contribution in [3.63, 3.8) is 0 Å². The molecule has 6 nitrogen and oxygen atoms in total. The number of hydrogen-bond acceptors (Lipinski definition) is 5. The second kappa shape index (κ2) is 5.99. The molecule has 1 aromatic rings. The summed E-state index contributed by atoms with van der Waals surface area (Å²) in [5.74, 6) is -0.205. The summed E-state index contributed by atoms with van der Waals surface area (Å²) in [6, 6.07) is 1.83. The van der Waals surface area contributed by atoms with Crippen LogP contribution >= 0.6 is 0 Å². The Balaban J connectivity index is 1.64. The molecule has 2 heterocycles. The van der Waals surface area contributed by atoms with Gasteiger partial charge in [-0.3, -0.25) is 14.7 Å². The monoisotopic (exact) mass is 291 g/mol. The molecule has 2 fully saturated rings. The number of aromatic hydroxyl groups is 1. The van der Waals surface area contributed by atoms with Crippen molar-refractivity contribution < 1.29 is 15.0 Å². The van der Waals surface area contributed by atoms with Crippen LogP contribution in [0.25, 0.3) is 0 Å². The van der Waals surface area contributed by atoms with E-state index in [0.29, 0.717) is 18.2 Å². The highest BCUT2D eigenvalue weighted by Gasteiger charge is 2.36. The second-order valence-corrected chi connectivity index (χ2v) is 5.95. The Labute approximate surface area is 123 Å². The number of rotatable bonds is 3. The number of nitrogens with one attached hydrogen (secondary N) is 1. The predicted molar refractivity (Wildman–Crippen MR) is 77.0 cm³/mol. The highest BCUT2D eigenvalue weighted by molar-refractivity contribution is 5.94. The number of β-amino-alcohol motifs (C(OH)–C–C–N with tert-alkyl or cyclic N) is 1. The van der Waals surface area contributed by atoms with E-state index in [9.17, 15) is 15.0 Å². The topological polar surface area (TPSA) is 85.7 Å². The minimum atomic E-state index is -0.239. The third-order valence-corrected chi connectivity index (χ3v) is 4.45. The zero-order chi connectivity index (χ0) is 14.8. The van der Waals surface area contributed by atoms with Crippen molar-refractivity contribution in [2.75, 3.05) is 13.1 Å². The predicted octanol–water partition coefficient (Wildman–Crippen LogP) is 0.505. The van der Waals surface area contributed by atoms with Crippen molar-refractivity contribution in [3.05, 3.63) is 24.0 Å². The first-order chi connectivity index (χ1) is 10.1. The molecule has 1 saturated carbocycles. The molecule has 3 rings (SSSR count). The first kappa shape index (κ1) is 14.3. The van der Waals surface area contributed by atoms with Crippen LogP contribution in [-0.2, 0) is 0 Å². The van der Waals surface area contributed by atoms with Gasteiger partial charge in [0.25, 0.3) is 5.91 Å². The quantitative estimate of drug-likeness (QED) is 0.755. The molecule has 1 aliphatic carbocycles. The third kappa shape index (κ3) is 3.16. The van der Waals surface area contributed by atoms with E-state index < -0.39 is 0 Å². The Morgan fingerprint density at radius 1 is 1.33 bits per heavy atom. The molecule has 114 valence electrons. The van der Waals surface area contributed by atoms with E-state index in [2.05, 4.69) is 15.2 Å². The fraction of sp³-hybridized carbons (Fsp3) is 0.600. The summed E-state index contributed by atoms with van der Waals surface area (Å²) in [6.07, 6.45) is 6.43. The number of pyridine rings is 1. The van der Waals surface area contributed by atoms with E-state index >= 15 is 0 Å². The third-order valence-electron chi connectivity index (χ3n) is 4.45. The van der Waals surface area contributed by atoms with Gasteiger partial charge in [0, 0.05) is 31.4 Å². The van der Waals surface area contributed by atoms with Crippen LogP contribution in [-0.4, -0.2) is 57.3 Å². The largest absolute Gasteiger partial charge is 0.506 e. The number of carbonyl (C=O) groups excluding carboxylic acids is 1. The zero-order valence-corrected chi connectivity index (χ0v) is 11.9. The zero-order valence-electron chi connectivity index (χ0n) is 11.9. The lowest BCUT2D eigenvalue weighted by molar-refractivity contribution is 0.0905. The molecule has 1 saturated heterocycles. The van der Waals surface area contributed by atoms with Gasteiger partial charge in [0.15, 0.2) is 0 Å². The lowest BCUT2D eigenvalue weighted by Gasteiger charge is -2.29. The summed E-state index contributed by atoms with van der Waals surface area (Å²) in [6.45, 7) is 1.59. The number of aliphatic hydroxyl groups excluding tert-OH is 1. The average molecular weight is 291 g/mol. The van der Waals surface area contributed by atoms with Crippen molar-refractivity contribution in [3.8, 4) is 5.75 Å². The summed E-state index contributed by atoms with van der Waals surface area (Å²) in [5.41, 5.74) is 0.377. The van der Waals surface area contributed by atoms with Crippen molar-refractivity contribution in [1.82, 2.24) is 15.2 Å². The summed E-state index contributed by atoms with van der Waals surface area (Å²) < 4.78 is 0. The molecule has 0 radical (unpaired) electrons. The van der Waals surface area contributed by atoms with Gasteiger partial charge in [-0.15, -0.1) is 0 Å². The molecule has 0 aromatic carbocycles. The van der Waals surface area contributed by atoms with Crippen LogP contribution < -0.4 is 5.32 Å². The average Bonchev–Trinajstić information content (AvgIpc) is 3.07. The molecule has 0 bridgehead atoms. The van der Waals surface area contributed by atoms with Crippen LogP contribution in [0.15, 0.2) is 18.5 Å². The molecular weight excluding hydrogens is 270 g/mol. The van der Waals surface area contributed by atoms with E-state index in [0.717, 1.165) is 32.2 Å². The van der Waals surface area contributed by atoms with Crippen LogP contribution in [0.1, 0.15) is 36.0 Å². The minimum absolute atomic E-state index is 0.00622. The summed E-state index contributed by atoms with van der Waals surface area (Å²) in [7, 11) is 0. The smallest absolute Gasteiger partial charge is 0.253 e. The number of carbonyl (C=O) groups is 1. The maximum absolute atomic E-state index is 12.2. The molecule has 2 aliphatic rings. The van der Waals surface area contributed by atoms with Gasteiger partial charge in [-0.2, -0.15) is 0 Å². The Morgan fingerprint density at radius 2 is 2.19 bits per heavy atom. The highest BCUT2D eigenvalue weighted by atomic mass is 16.3. The molecule has 1 aliphatic heterocycles. The first-order valence-corrected chi connectivity index (χ1v) is 7.50. The number of hydrogen-bond donors (Lipinski definition) is 3. The van der Waals surface area contributed by atoms with Gasteiger partial charge in [-0.25, -0.2) is 0 Å². The minimum Gasteiger partial charge on any atom is -0.506 e. The number of aromatic nitrogens is 1. The number of amides is 1. The van der Waals surface area contributed by atoms with E-state index in [1.165, 1.54) is 18.5 Å². The summed E-state index contributed by atoms with van der Waals surface area (Å²) >= 11 is 0. The van der Waals surface area contributed by atoms with Crippen LogP contribution in [0.5, 0.6) is 5.75 Å². The van der Waals surface area contributed by atoms with E-state index in [4.69, 9.17) is 0 Å². The van der Waals surface area contributed by atoms with Crippen molar-refractivity contribution in [2.24, 2.45) is 0 Å². The van der Waals surface area contributed by atoms with E-state index in [-0.39, 0.29) is 23.8 Å². The molecule has 1 unspecified atom stereocenters. The van der Waals surface area contributed by atoms with Gasteiger partial charge in [-0.1, -0.05) is 0 Å². The van der Waals surface area contributed by atoms with Gasteiger partial charge in [0.1, 0.15) is 5.75 Å². The van der Waals surface area contributed by atoms with E-state index in [1.54, 1.807) is 0 Å². The van der Waals surface area contributed by atoms with Gasteiger partial charge in [0.05, 0.1) is 17.9 Å². The lowest BCUT2D eigenvalue weighted by Crippen LogP contribution is -2.48. The first-order valence-electron chi connectivity index (χ1n) is 7.50. The number of nitrogens with zero attached hydrogens (tertiary/aromatic N) is 2. The molecule has 6 heteroatoms. The lowest BCUT2D eigenvalue weighted by atomic mass is 10.1. The highest BCUT2D eigenvalue weighted by Crippen LogP contribution is 2.27. The van der Waals surface area contributed by atoms with Crippen LogP contribution in [0.2, 0.25) is 0 Å². The van der Waals surface area contributed by atoms with E-state index in [1.807, 2.05) is 0 Å². The van der Waals surface area contributed by atoms with Crippen molar-refractivity contribution in [1.29, 1.82) is 0 Å². The number of aliphatic hydroxyl groups is 1. The number of likely N-dealkylation sites (tertiary alicyclic amines) is 1.